The molecule has 1 aromatic rings. The molecule has 0 saturated carbocycles. The zero-order chi connectivity index (χ0) is 10.6. The van der Waals surface area contributed by atoms with E-state index in [2.05, 4.69) is 25.7 Å². The molecule has 14 heavy (non-hydrogen) atoms. The molecule has 1 aromatic carbocycles. The third-order valence-corrected chi connectivity index (χ3v) is 2.40. The lowest BCUT2D eigenvalue weighted by atomic mass is 9.96. The molecular weight excluding hydrogens is 168 g/mol. The van der Waals surface area contributed by atoms with Gasteiger partial charge >= 0.3 is 0 Å². The van der Waals surface area contributed by atoms with Gasteiger partial charge in [0, 0.05) is 11.1 Å². The maximum atomic E-state index is 5.44. The SMILES string of the molecule is C#Cc1cc(CC)c(C#C)cc1CC. The van der Waals surface area contributed by atoms with Crippen molar-refractivity contribution in [2.75, 3.05) is 0 Å². The minimum absolute atomic E-state index is 0.929. The van der Waals surface area contributed by atoms with Gasteiger partial charge in [0.25, 0.3) is 0 Å². The lowest BCUT2D eigenvalue weighted by molar-refractivity contribution is 1.08. The first-order valence-electron chi connectivity index (χ1n) is 4.85. The van der Waals surface area contributed by atoms with Crippen LogP contribution in [-0.2, 0) is 12.8 Å². The van der Waals surface area contributed by atoms with Crippen LogP contribution in [-0.4, -0.2) is 0 Å². The molecule has 0 heteroatoms. The first kappa shape index (κ1) is 10.4. The Morgan fingerprint density at radius 3 is 1.50 bits per heavy atom. The van der Waals surface area contributed by atoms with Crippen molar-refractivity contribution in [3.05, 3.63) is 34.4 Å². The van der Waals surface area contributed by atoms with Crippen molar-refractivity contribution in [2.24, 2.45) is 0 Å². The quantitative estimate of drug-likeness (QED) is 0.617. The molecule has 0 aliphatic carbocycles. The monoisotopic (exact) mass is 182 g/mol. The molecule has 0 atom stereocenters. The summed E-state index contributed by atoms with van der Waals surface area (Å²) in [6, 6.07) is 4.07. The standard InChI is InChI=1S/C14H14/c1-5-11-9-13(7-3)14(8-4)10-12(11)6-2/h1,4,9-10H,6-7H2,2-3H3. The van der Waals surface area contributed by atoms with Crippen LogP contribution < -0.4 is 0 Å². The van der Waals surface area contributed by atoms with E-state index in [4.69, 9.17) is 12.8 Å². The summed E-state index contributed by atoms with van der Waals surface area (Å²) in [5.41, 5.74) is 4.28. The Morgan fingerprint density at radius 2 is 1.29 bits per heavy atom. The maximum Gasteiger partial charge on any atom is 0.0278 e. The highest BCUT2D eigenvalue weighted by atomic mass is 14.1. The van der Waals surface area contributed by atoms with Gasteiger partial charge in [0.05, 0.1) is 0 Å². The highest BCUT2D eigenvalue weighted by Crippen LogP contribution is 2.17. The van der Waals surface area contributed by atoms with E-state index >= 15 is 0 Å². The van der Waals surface area contributed by atoms with Crippen LogP contribution in [0.1, 0.15) is 36.1 Å². The highest BCUT2D eigenvalue weighted by molar-refractivity contribution is 5.51. The Labute approximate surface area is 86.3 Å². The number of hydrogen-bond acceptors (Lipinski definition) is 0. The molecule has 0 aliphatic heterocycles. The topological polar surface area (TPSA) is 0 Å². The van der Waals surface area contributed by atoms with Crippen LogP contribution in [0, 0.1) is 24.7 Å². The second kappa shape index (κ2) is 4.54. The van der Waals surface area contributed by atoms with Gasteiger partial charge in [-0.05, 0) is 36.1 Å². The second-order valence-corrected chi connectivity index (χ2v) is 3.16. The number of terminal acetylenes is 2. The summed E-state index contributed by atoms with van der Waals surface area (Å²) in [4.78, 5) is 0. The van der Waals surface area contributed by atoms with Gasteiger partial charge in [0.2, 0.25) is 0 Å². The smallest absolute Gasteiger partial charge is 0.0278 e. The minimum atomic E-state index is 0.929. The van der Waals surface area contributed by atoms with Crippen LogP contribution in [0.3, 0.4) is 0 Å². The van der Waals surface area contributed by atoms with E-state index in [0.717, 1.165) is 35.1 Å². The van der Waals surface area contributed by atoms with Crippen molar-refractivity contribution in [1.29, 1.82) is 0 Å². The number of rotatable bonds is 2. The van der Waals surface area contributed by atoms with Crippen molar-refractivity contribution in [1.82, 2.24) is 0 Å². The summed E-state index contributed by atoms with van der Waals surface area (Å²) >= 11 is 0. The Morgan fingerprint density at radius 1 is 0.929 bits per heavy atom. The van der Waals surface area contributed by atoms with Gasteiger partial charge in [0.15, 0.2) is 0 Å². The van der Waals surface area contributed by atoms with Crippen molar-refractivity contribution >= 4 is 0 Å². The molecule has 0 bridgehead atoms. The van der Waals surface area contributed by atoms with E-state index in [9.17, 15) is 0 Å². The molecule has 0 saturated heterocycles. The first-order chi connectivity index (χ1) is 6.76. The summed E-state index contributed by atoms with van der Waals surface area (Å²) in [7, 11) is 0. The van der Waals surface area contributed by atoms with Gasteiger partial charge in [-0.1, -0.05) is 25.7 Å². The van der Waals surface area contributed by atoms with Crippen LogP contribution in [0.25, 0.3) is 0 Å². The van der Waals surface area contributed by atoms with Gasteiger partial charge in [-0.3, -0.25) is 0 Å². The summed E-state index contributed by atoms with van der Waals surface area (Å²) < 4.78 is 0. The van der Waals surface area contributed by atoms with E-state index < -0.39 is 0 Å². The normalized spacial score (nSPS) is 9.14. The molecule has 0 aliphatic rings. The molecule has 70 valence electrons. The molecule has 0 radical (unpaired) electrons. The number of benzene rings is 1. The fraction of sp³-hybridized carbons (Fsp3) is 0.286. The summed E-state index contributed by atoms with van der Waals surface area (Å²) in [6.07, 6.45) is 12.7. The Balaban J connectivity index is 3.39. The van der Waals surface area contributed by atoms with Crippen LogP contribution in [0.5, 0.6) is 0 Å². The average Bonchev–Trinajstić information content (AvgIpc) is 2.26. The van der Waals surface area contributed by atoms with Crippen LogP contribution in [0.4, 0.5) is 0 Å². The van der Waals surface area contributed by atoms with Gasteiger partial charge in [-0.15, -0.1) is 12.8 Å². The molecule has 0 unspecified atom stereocenters. The molecule has 0 spiro atoms. The molecule has 0 nitrogen and oxygen atoms in total. The molecular formula is C14H14. The molecule has 0 fully saturated rings. The van der Waals surface area contributed by atoms with Crippen LogP contribution in [0.2, 0.25) is 0 Å². The van der Waals surface area contributed by atoms with Crippen LogP contribution in [0.15, 0.2) is 12.1 Å². The maximum absolute atomic E-state index is 5.44. The molecule has 0 heterocycles. The number of aryl methyl sites for hydroxylation is 2. The van der Waals surface area contributed by atoms with Crippen molar-refractivity contribution < 1.29 is 0 Å². The van der Waals surface area contributed by atoms with Crippen molar-refractivity contribution in [2.45, 2.75) is 26.7 Å². The van der Waals surface area contributed by atoms with Crippen molar-refractivity contribution in [3.8, 4) is 24.7 Å². The van der Waals surface area contributed by atoms with Gasteiger partial charge in [0.1, 0.15) is 0 Å². The van der Waals surface area contributed by atoms with Gasteiger partial charge in [-0.25, -0.2) is 0 Å². The Hall–Kier alpha value is -1.66. The Kier molecular flexibility index (Phi) is 3.38. The lowest BCUT2D eigenvalue weighted by Crippen LogP contribution is -1.95. The number of hydrogen-bond donors (Lipinski definition) is 0. The predicted octanol–water partition coefficient (Wildman–Crippen LogP) is 2.77. The van der Waals surface area contributed by atoms with E-state index in [1.54, 1.807) is 0 Å². The summed E-state index contributed by atoms with van der Waals surface area (Å²) in [6.45, 7) is 4.17. The molecule has 1 rings (SSSR count). The fourth-order valence-corrected chi connectivity index (χ4v) is 1.54. The second-order valence-electron chi connectivity index (χ2n) is 3.16. The third-order valence-electron chi connectivity index (χ3n) is 2.40. The predicted molar refractivity (Wildman–Crippen MR) is 61.1 cm³/mol. The largest absolute Gasteiger partial charge is 0.115 e. The zero-order valence-corrected chi connectivity index (χ0v) is 8.72. The highest BCUT2D eigenvalue weighted by Gasteiger charge is 2.04. The molecule has 0 amide bonds. The molecule has 0 aromatic heterocycles. The third kappa shape index (κ3) is 1.81. The van der Waals surface area contributed by atoms with E-state index in [1.807, 2.05) is 12.1 Å². The first-order valence-corrected chi connectivity index (χ1v) is 4.85. The van der Waals surface area contributed by atoms with Crippen molar-refractivity contribution in [3.63, 3.8) is 0 Å². The summed E-state index contributed by atoms with van der Waals surface area (Å²) in [5.74, 6) is 5.41. The fourth-order valence-electron chi connectivity index (χ4n) is 1.54. The van der Waals surface area contributed by atoms with Gasteiger partial charge < -0.3 is 0 Å². The minimum Gasteiger partial charge on any atom is -0.115 e. The van der Waals surface area contributed by atoms with E-state index in [0.29, 0.717) is 0 Å². The van der Waals surface area contributed by atoms with E-state index in [-0.39, 0.29) is 0 Å². The van der Waals surface area contributed by atoms with Gasteiger partial charge in [-0.2, -0.15) is 0 Å². The van der Waals surface area contributed by atoms with Crippen LogP contribution >= 0.6 is 0 Å². The Bertz CT molecular complexity index is 369. The molecule has 0 N–H and O–H groups in total. The van der Waals surface area contributed by atoms with E-state index in [1.165, 1.54) is 0 Å². The summed E-state index contributed by atoms with van der Waals surface area (Å²) in [5, 5.41) is 0. The zero-order valence-electron chi connectivity index (χ0n) is 8.72. The average molecular weight is 182 g/mol. The lowest BCUT2D eigenvalue weighted by Gasteiger charge is -2.07.